The van der Waals surface area contributed by atoms with Gasteiger partial charge in [0.1, 0.15) is 29.8 Å². The van der Waals surface area contributed by atoms with Crippen LogP contribution in [0.4, 0.5) is 16.0 Å². The third-order valence-corrected chi connectivity index (χ3v) is 8.42. The molecule has 9 nitrogen and oxygen atoms in total. The predicted octanol–water partition coefficient (Wildman–Crippen LogP) is 5.14. The van der Waals surface area contributed by atoms with Crippen molar-refractivity contribution < 1.29 is 13.9 Å². The Morgan fingerprint density at radius 2 is 1.73 bits per heavy atom. The molecule has 3 aromatic heterocycles. The zero-order valence-corrected chi connectivity index (χ0v) is 24.4. The van der Waals surface area contributed by atoms with Gasteiger partial charge in [-0.05, 0) is 60.4 Å². The summed E-state index contributed by atoms with van der Waals surface area (Å²) in [5.41, 5.74) is 4.33. The SMILES string of the molecule is O=C(COCc1ccccc1)N1CCN(c2cccc(-c3cnc4ccc(N5CCCC5c5cccc(F)c5)nn34)n2)CC1. The van der Waals surface area contributed by atoms with Gasteiger partial charge in [-0.15, -0.1) is 5.10 Å². The Morgan fingerprint density at radius 1 is 0.886 bits per heavy atom. The second-order valence-electron chi connectivity index (χ2n) is 11.2. The summed E-state index contributed by atoms with van der Waals surface area (Å²) in [6.45, 7) is 3.95. The van der Waals surface area contributed by atoms with Crippen molar-refractivity contribution in [2.75, 3.05) is 49.1 Å². The molecule has 7 rings (SSSR count). The molecule has 2 saturated heterocycles. The van der Waals surface area contributed by atoms with Crippen LogP contribution in [0, 0.1) is 5.82 Å². The number of rotatable bonds is 8. The Labute approximate surface area is 255 Å². The number of fused-ring (bicyclic) bond motifs is 1. The van der Waals surface area contributed by atoms with Crippen molar-refractivity contribution in [3.05, 3.63) is 108 Å². The molecule has 0 aliphatic carbocycles. The minimum Gasteiger partial charge on any atom is -0.367 e. The van der Waals surface area contributed by atoms with E-state index in [0.717, 1.165) is 59.2 Å². The van der Waals surface area contributed by atoms with Crippen LogP contribution in [0.15, 0.2) is 91.1 Å². The number of pyridine rings is 1. The zero-order chi connectivity index (χ0) is 29.9. The number of ether oxygens (including phenoxy) is 1. The molecule has 1 atom stereocenters. The Hall–Kier alpha value is -4.83. The van der Waals surface area contributed by atoms with Gasteiger partial charge in [0.15, 0.2) is 5.65 Å². The van der Waals surface area contributed by atoms with Crippen molar-refractivity contribution in [2.24, 2.45) is 0 Å². The molecule has 2 fully saturated rings. The highest BCUT2D eigenvalue weighted by molar-refractivity contribution is 5.77. The molecule has 0 spiro atoms. The van der Waals surface area contributed by atoms with Gasteiger partial charge in [0, 0.05) is 32.7 Å². The lowest BCUT2D eigenvalue weighted by Crippen LogP contribution is -2.50. The summed E-state index contributed by atoms with van der Waals surface area (Å²) in [5, 5.41) is 4.98. The standard InChI is InChI=1S/C34H34FN7O2/c35-27-10-4-9-26(21-27)29-12-6-16-41(29)33-15-14-31-36-22-30(42(31)38-33)28-11-5-13-32(37-28)39-17-19-40(20-18-39)34(43)24-44-23-25-7-2-1-3-8-25/h1-5,7-11,13-15,21-22,29H,6,12,16-20,23-24H2. The molecule has 5 aromatic rings. The first-order valence-electron chi connectivity index (χ1n) is 15.1. The normalized spacial score (nSPS) is 17.0. The van der Waals surface area contributed by atoms with Gasteiger partial charge in [0.25, 0.3) is 0 Å². The van der Waals surface area contributed by atoms with Crippen LogP contribution < -0.4 is 9.80 Å². The van der Waals surface area contributed by atoms with E-state index in [2.05, 4.69) is 14.8 Å². The first-order chi connectivity index (χ1) is 21.6. The number of anilines is 2. The van der Waals surface area contributed by atoms with Gasteiger partial charge < -0.3 is 19.4 Å². The Kier molecular flexibility index (Phi) is 7.89. The molecule has 0 saturated carbocycles. The maximum Gasteiger partial charge on any atom is 0.248 e. The van der Waals surface area contributed by atoms with Crippen molar-refractivity contribution in [1.82, 2.24) is 24.5 Å². The smallest absolute Gasteiger partial charge is 0.248 e. The third kappa shape index (κ3) is 5.85. The van der Waals surface area contributed by atoms with E-state index in [-0.39, 0.29) is 24.4 Å². The highest BCUT2D eigenvalue weighted by Gasteiger charge is 2.28. The van der Waals surface area contributed by atoms with Gasteiger partial charge in [-0.1, -0.05) is 48.5 Å². The van der Waals surface area contributed by atoms with E-state index >= 15 is 0 Å². The largest absolute Gasteiger partial charge is 0.367 e. The second-order valence-corrected chi connectivity index (χ2v) is 11.2. The van der Waals surface area contributed by atoms with E-state index in [4.69, 9.17) is 14.8 Å². The molecule has 5 heterocycles. The molecule has 224 valence electrons. The predicted molar refractivity (Wildman–Crippen MR) is 167 cm³/mol. The highest BCUT2D eigenvalue weighted by Crippen LogP contribution is 2.35. The van der Waals surface area contributed by atoms with E-state index < -0.39 is 0 Å². The first kappa shape index (κ1) is 28.0. The van der Waals surface area contributed by atoms with E-state index in [1.807, 2.05) is 76.1 Å². The molecule has 0 radical (unpaired) electrons. The van der Waals surface area contributed by atoms with E-state index in [1.54, 1.807) is 18.3 Å². The number of imidazole rings is 1. The van der Waals surface area contributed by atoms with Crippen LogP contribution >= 0.6 is 0 Å². The molecule has 44 heavy (non-hydrogen) atoms. The minimum atomic E-state index is -0.221. The van der Waals surface area contributed by atoms with Crippen molar-refractivity contribution >= 4 is 23.2 Å². The van der Waals surface area contributed by atoms with Crippen LogP contribution in [-0.4, -0.2) is 69.7 Å². The number of piperazine rings is 1. The summed E-state index contributed by atoms with van der Waals surface area (Å²) >= 11 is 0. The average Bonchev–Trinajstić information content (AvgIpc) is 3.73. The Balaban J connectivity index is 1.03. The number of hydrogen-bond donors (Lipinski definition) is 0. The molecular weight excluding hydrogens is 557 g/mol. The fourth-order valence-electron chi connectivity index (χ4n) is 6.14. The fourth-order valence-corrected chi connectivity index (χ4v) is 6.14. The van der Waals surface area contributed by atoms with Gasteiger partial charge in [0.2, 0.25) is 5.91 Å². The van der Waals surface area contributed by atoms with Gasteiger partial charge in [-0.2, -0.15) is 0 Å². The van der Waals surface area contributed by atoms with Crippen molar-refractivity contribution in [1.29, 1.82) is 0 Å². The van der Waals surface area contributed by atoms with Crippen LogP contribution in [0.25, 0.3) is 17.0 Å². The summed E-state index contributed by atoms with van der Waals surface area (Å²) in [6, 6.07) is 26.7. The van der Waals surface area contributed by atoms with Gasteiger partial charge >= 0.3 is 0 Å². The van der Waals surface area contributed by atoms with E-state index in [1.165, 1.54) is 6.07 Å². The lowest BCUT2D eigenvalue weighted by Gasteiger charge is -2.35. The van der Waals surface area contributed by atoms with Crippen LogP contribution in [0.5, 0.6) is 0 Å². The topological polar surface area (TPSA) is 79.1 Å². The lowest BCUT2D eigenvalue weighted by molar-refractivity contribution is -0.136. The molecule has 1 unspecified atom stereocenters. The second kappa shape index (κ2) is 12.4. The summed E-state index contributed by atoms with van der Waals surface area (Å²) in [5.74, 6) is 1.47. The monoisotopic (exact) mass is 591 g/mol. The number of aromatic nitrogens is 4. The number of benzene rings is 2. The van der Waals surface area contributed by atoms with Crippen LogP contribution in [-0.2, 0) is 16.1 Å². The number of hydrogen-bond acceptors (Lipinski definition) is 7. The van der Waals surface area contributed by atoms with Crippen LogP contribution in [0.2, 0.25) is 0 Å². The van der Waals surface area contributed by atoms with Crippen LogP contribution in [0.1, 0.15) is 30.0 Å². The maximum absolute atomic E-state index is 14.0. The molecule has 2 aromatic carbocycles. The quantitative estimate of drug-likeness (QED) is 0.247. The van der Waals surface area contributed by atoms with Crippen LogP contribution in [0.3, 0.4) is 0 Å². The van der Waals surface area contributed by atoms with Crippen molar-refractivity contribution in [3.63, 3.8) is 0 Å². The number of carbonyl (C=O) groups is 1. The first-order valence-corrected chi connectivity index (χ1v) is 15.1. The molecule has 0 N–H and O–H groups in total. The van der Waals surface area contributed by atoms with Gasteiger partial charge in [-0.25, -0.2) is 18.9 Å². The van der Waals surface area contributed by atoms with Crippen molar-refractivity contribution in [2.45, 2.75) is 25.5 Å². The summed E-state index contributed by atoms with van der Waals surface area (Å²) in [7, 11) is 0. The Morgan fingerprint density at radius 3 is 2.57 bits per heavy atom. The maximum atomic E-state index is 14.0. The van der Waals surface area contributed by atoms with E-state index in [9.17, 15) is 9.18 Å². The molecule has 2 aliphatic heterocycles. The molecule has 0 bridgehead atoms. The average molecular weight is 592 g/mol. The third-order valence-electron chi connectivity index (χ3n) is 8.42. The van der Waals surface area contributed by atoms with Gasteiger partial charge in [-0.3, -0.25) is 4.79 Å². The molecule has 1 amide bonds. The summed E-state index contributed by atoms with van der Waals surface area (Å²) in [6.07, 6.45) is 3.77. The molecule has 10 heteroatoms. The van der Waals surface area contributed by atoms with Crippen molar-refractivity contribution in [3.8, 4) is 11.4 Å². The number of halogens is 1. The minimum absolute atomic E-state index is 0.00698. The van der Waals surface area contributed by atoms with E-state index in [0.29, 0.717) is 32.8 Å². The van der Waals surface area contributed by atoms with Gasteiger partial charge in [0.05, 0.1) is 24.5 Å². The highest BCUT2D eigenvalue weighted by atomic mass is 19.1. The number of nitrogens with zero attached hydrogens (tertiary/aromatic N) is 7. The summed E-state index contributed by atoms with van der Waals surface area (Å²) < 4.78 is 21.5. The molecular formula is C34H34FN7O2. The zero-order valence-electron chi connectivity index (χ0n) is 24.4. The summed E-state index contributed by atoms with van der Waals surface area (Å²) in [4.78, 5) is 28.6. The molecule has 2 aliphatic rings. The lowest BCUT2D eigenvalue weighted by atomic mass is 10.0. The Bertz CT molecular complexity index is 1750. The number of carbonyl (C=O) groups excluding carboxylic acids is 1. The fraction of sp³-hybridized carbons (Fsp3) is 0.294. The number of amides is 1.